The summed E-state index contributed by atoms with van der Waals surface area (Å²) in [5, 5.41) is 12.8. The van der Waals surface area contributed by atoms with Crippen LogP contribution >= 0.6 is 0 Å². The van der Waals surface area contributed by atoms with Gasteiger partial charge in [-0.25, -0.2) is 14.8 Å². The molecule has 0 aliphatic rings. The molecule has 0 saturated carbocycles. The van der Waals surface area contributed by atoms with Crippen LogP contribution in [0.4, 0.5) is 5.82 Å². The number of carboxylic acid groups (broad SMARTS) is 1. The lowest BCUT2D eigenvalue weighted by Gasteiger charge is -2.16. The highest BCUT2D eigenvalue weighted by atomic mass is 16.5. The summed E-state index contributed by atoms with van der Waals surface area (Å²) in [5.41, 5.74) is 8.94. The van der Waals surface area contributed by atoms with Crippen molar-refractivity contribution >= 4 is 11.8 Å². The Morgan fingerprint density at radius 3 is 2.42 bits per heavy atom. The molecule has 1 heterocycles. The fourth-order valence-corrected chi connectivity index (χ4v) is 3.61. The second-order valence-electron chi connectivity index (χ2n) is 8.11. The number of rotatable bonds is 12. The van der Waals surface area contributed by atoms with Gasteiger partial charge in [0.15, 0.2) is 0 Å². The van der Waals surface area contributed by atoms with Crippen molar-refractivity contribution in [1.82, 2.24) is 9.97 Å². The minimum absolute atomic E-state index is 0.252. The Bertz CT molecular complexity index is 1270. The summed E-state index contributed by atoms with van der Waals surface area (Å²) in [7, 11) is 0. The van der Waals surface area contributed by atoms with Crippen LogP contribution < -0.4 is 20.5 Å². The molecule has 0 radical (unpaired) electrons. The largest absolute Gasteiger partial charge is 0.492 e. The van der Waals surface area contributed by atoms with Crippen molar-refractivity contribution in [3.63, 3.8) is 0 Å². The molecule has 0 bridgehead atoms. The molecule has 0 saturated heterocycles. The first-order chi connectivity index (χ1) is 17.6. The van der Waals surface area contributed by atoms with E-state index in [1.807, 2.05) is 78.9 Å². The van der Waals surface area contributed by atoms with E-state index in [-0.39, 0.29) is 6.42 Å². The van der Waals surface area contributed by atoms with Crippen LogP contribution in [0.5, 0.6) is 11.5 Å². The van der Waals surface area contributed by atoms with Gasteiger partial charge in [-0.05, 0) is 47.5 Å². The lowest BCUT2D eigenvalue weighted by molar-refractivity contribution is -0.137. The fraction of sp³-hybridized carbons (Fsp3) is 0.179. The summed E-state index contributed by atoms with van der Waals surface area (Å²) in [4.78, 5) is 20.5. The van der Waals surface area contributed by atoms with E-state index in [4.69, 9.17) is 15.2 Å². The van der Waals surface area contributed by atoms with Gasteiger partial charge in [0.1, 0.15) is 42.9 Å². The van der Waals surface area contributed by atoms with Gasteiger partial charge in [-0.1, -0.05) is 42.5 Å². The van der Waals surface area contributed by atoms with E-state index in [9.17, 15) is 9.90 Å². The maximum Gasteiger partial charge on any atom is 0.326 e. The number of aromatic nitrogens is 2. The predicted molar refractivity (Wildman–Crippen MR) is 138 cm³/mol. The van der Waals surface area contributed by atoms with Crippen molar-refractivity contribution < 1.29 is 19.4 Å². The lowest BCUT2D eigenvalue weighted by atomic mass is 10.1. The molecule has 1 aromatic heterocycles. The zero-order valence-corrected chi connectivity index (χ0v) is 19.7. The normalized spacial score (nSPS) is 11.5. The van der Waals surface area contributed by atoms with E-state index in [1.54, 1.807) is 6.07 Å². The summed E-state index contributed by atoms with van der Waals surface area (Å²) in [6.45, 7) is 1.29. The van der Waals surface area contributed by atoms with Gasteiger partial charge in [0.05, 0.1) is 5.69 Å². The van der Waals surface area contributed by atoms with E-state index >= 15 is 0 Å². The van der Waals surface area contributed by atoms with E-state index in [0.29, 0.717) is 37.0 Å². The van der Waals surface area contributed by atoms with Crippen molar-refractivity contribution in [2.45, 2.75) is 19.1 Å². The molecule has 36 heavy (non-hydrogen) atoms. The number of nitrogens with zero attached hydrogens (tertiary/aromatic N) is 2. The monoisotopic (exact) mass is 484 g/mol. The van der Waals surface area contributed by atoms with Crippen molar-refractivity contribution in [2.24, 2.45) is 5.73 Å². The average Bonchev–Trinajstić information content (AvgIpc) is 2.91. The molecule has 184 valence electrons. The summed E-state index contributed by atoms with van der Waals surface area (Å²) >= 11 is 0. The smallest absolute Gasteiger partial charge is 0.326 e. The summed E-state index contributed by atoms with van der Waals surface area (Å²) in [6.07, 6.45) is 1.67. The van der Waals surface area contributed by atoms with Crippen molar-refractivity contribution in [2.75, 3.05) is 18.5 Å². The third-order valence-electron chi connectivity index (χ3n) is 5.41. The molecule has 4 N–H and O–H groups in total. The first-order valence-electron chi connectivity index (χ1n) is 11.6. The minimum Gasteiger partial charge on any atom is -0.492 e. The molecule has 0 amide bonds. The van der Waals surface area contributed by atoms with Gasteiger partial charge in [0.2, 0.25) is 0 Å². The number of aliphatic carboxylic acids is 1. The molecule has 8 heteroatoms. The third-order valence-corrected chi connectivity index (χ3v) is 5.41. The number of hydrogen-bond acceptors (Lipinski definition) is 7. The molecule has 4 rings (SSSR count). The standard InChI is InChI=1S/C28H28N4O4/c29-13-14-35-24-8-4-7-21(15-24)16-26(28(33)34)32-27-17-25(30-19-31-27)22-9-11-23(12-10-22)36-18-20-5-2-1-3-6-20/h1-12,15,17,19,26H,13-14,16,18,29H2,(H,33,34)(H,30,31,32). The number of carboxylic acids is 1. The molecular weight excluding hydrogens is 456 g/mol. The molecule has 0 fully saturated rings. The molecule has 1 unspecified atom stereocenters. The zero-order chi connectivity index (χ0) is 25.2. The predicted octanol–water partition coefficient (Wildman–Crippen LogP) is 4.17. The Morgan fingerprint density at radius 1 is 0.889 bits per heavy atom. The number of hydrogen-bond donors (Lipinski definition) is 3. The SMILES string of the molecule is NCCOc1cccc(CC(Nc2cc(-c3ccc(OCc4ccccc4)cc3)ncn2)C(=O)O)c1. The van der Waals surface area contributed by atoms with Gasteiger partial charge in [-0.15, -0.1) is 0 Å². The van der Waals surface area contributed by atoms with Crippen LogP contribution in [-0.2, 0) is 17.8 Å². The van der Waals surface area contributed by atoms with Gasteiger partial charge < -0.3 is 25.6 Å². The quantitative estimate of drug-likeness (QED) is 0.274. The summed E-state index contributed by atoms with van der Waals surface area (Å²) in [6, 6.07) is 25.7. The molecule has 4 aromatic rings. The van der Waals surface area contributed by atoms with Crippen molar-refractivity contribution in [3.05, 3.63) is 102 Å². The molecular formula is C28H28N4O4. The van der Waals surface area contributed by atoms with E-state index in [0.717, 1.165) is 22.4 Å². The van der Waals surface area contributed by atoms with Crippen LogP contribution in [0.1, 0.15) is 11.1 Å². The highest BCUT2D eigenvalue weighted by molar-refractivity contribution is 5.77. The molecule has 8 nitrogen and oxygen atoms in total. The Kier molecular flexibility index (Phi) is 8.45. The molecule has 0 aliphatic carbocycles. The number of carbonyl (C=O) groups is 1. The number of ether oxygens (including phenoxy) is 2. The van der Waals surface area contributed by atoms with Crippen molar-refractivity contribution in [3.8, 4) is 22.8 Å². The van der Waals surface area contributed by atoms with Crippen LogP contribution in [0.3, 0.4) is 0 Å². The van der Waals surface area contributed by atoms with E-state index < -0.39 is 12.0 Å². The van der Waals surface area contributed by atoms with Gasteiger partial charge in [0.25, 0.3) is 0 Å². The molecule has 1 atom stereocenters. The molecule has 3 aromatic carbocycles. The van der Waals surface area contributed by atoms with Crippen LogP contribution in [0.2, 0.25) is 0 Å². The van der Waals surface area contributed by atoms with Crippen LogP contribution in [0, 0.1) is 0 Å². The first kappa shape index (κ1) is 24.7. The van der Waals surface area contributed by atoms with Gasteiger partial charge >= 0.3 is 5.97 Å². The highest BCUT2D eigenvalue weighted by Gasteiger charge is 2.19. The zero-order valence-electron chi connectivity index (χ0n) is 19.7. The lowest BCUT2D eigenvalue weighted by Crippen LogP contribution is -2.32. The molecule has 0 spiro atoms. The van der Waals surface area contributed by atoms with Gasteiger partial charge in [-0.3, -0.25) is 0 Å². The third kappa shape index (κ3) is 7.04. The Balaban J connectivity index is 1.41. The summed E-state index contributed by atoms with van der Waals surface area (Å²) in [5.74, 6) is 0.844. The van der Waals surface area contributed by atoms with Gasteiger partial charge in [0, 0.05) is 24.6 Å². The van der Waals surface area contributed by atoms with E-state index in [2.05, 4.69) is 15.3 Å². The minimum atomic E-state index is -0.983. The Morgan fingerprint density at radius 2 is 1.67 bits per heavy atom. The number of benzene rings is 3. The Labute approximate surface area is 209 Å². The topological polar surface area (TPSA) is 120 Å². The summed E-state index contributed by atoms with van der Waals surface area (Å²) < 4.78 is 11.4. The highest BCUT2D eigenvalue weighted by Crippen LogP contribution is 2.23. The fourth-order valence-electron chi connectivity index (χ4n) is 3.61. The van der Waals surface area contributed by atoms with Crippen LogP contribution in [0.15, 0.2) is 91.3 Å². The van der Waals surface area contributed by atoms with Gasteiger partial charge in [-0.2, -0.15) is 0 Å². The van der Waals surface area contributed by atoms with Crippen LogP contribution in [-0.4, -0.2) is 40.2 Å². The van der Waals surface area contributed by atoms with E-state index in [1.165, 1.54) is 6.33 Å². The average molecular weight is 485 g/mol. The second kappa shape index (κ2) is 12.3. The maximum absolute atomic E-state index is 12.0. The first-order valence-corrected chi connectivity index (χ1v) is 11.6. The number of nitrogens with two attached hydrogens (primary N) is 1. The maximum atomic E-state index is 12.0. The van der Waals surface area contributed by atoms with Crippen LogP contribution in [0.25, 0.3) is 11.3 Å². The number of anilines is 1. The Hall–Kier alpha value is -4.43. The second-order valence-corrected chi connectivity index (χ2v) is 8.11. The molecule has 0 aliphatic heterocycles. The van der Waals surface area contributed by atoms with Crippen molar-refractivity contribution in [1.29, 1.82) is 0 Å². The number of nitrogens with one attached hydrogen (secondary N) is 1.